The molecular weight excluding hydrogens is 344 g/mol. The summed E-state index contributed by atoms with van der Waals surface area (Å²) in [6, 6.07) is 9.04. The van der Waals surface area contributed by atoms with Crippen molar-refractivity contribution in [3.8, 4) is 0 Å². The summed E-state index contributed by atoms with van der Waals surface area (Å²) in [5, 5.41) is 3.26. The molecule has 1 aromatic carbocycles. The molecule has 0 saturated heterocycles. The van der Waals surface area contributed by atoms with Crippen molar-refractivity contribution in [3.05, 3.63) is 36.5 Å². The molecule has 2 aromatic heterocycles. The summed E-state index contributed by atoms with van der Waals surface area (Å²) in [5.41, 5.74) is 0.946. The Kier molecular flexibility index (Phi) is 3.88. The zero-order valence-corrected chi connectivity index (χ0v) is 13.4. The van der Waals surface area contributed by atoms with Crippen molar-refractivity contribution in [1.82, 2.24) is 14.8 Å². The number of hydrogen-bond acceptors (Lipinski definition) is 4. The summed E-state index contributed by atoms with van der Waals surface area (Å²) >= 11 is 0. The Hall–Kier alpha value is -1.60. The molecule has 0 aliphatic heterocycles. The fourth-order valence-electron chi connectivity index (χ4n) is 2.31. The highest BCUT2D eigenvalue weighted by molar-refractivity contribution is 7.70. The van der Waals surface area contributed by atoms with Crippen LogP contribution in [0.5, 0.6) is 0 Å². The molecule has 23 heavy (non-hydrogen) atoms. The van der Waals surface area contributed by atoms with Crippen LogP contribution in [0.1, 0.15) is 0 Å². The molecule has 0 aliphatic rings. The number of aromatic nitrogens is 3. The van der Waals surface area contributed by atoms with Gasteiger partial charge >= 0.3 is 15.2 Å². The third kappa shape index (κ3) is 3.21. The van der Waals surface area contributed by atoms with Gasteiger partial charge in [-0.25, -0.2) is 9.67 Å². The molecular formula is C12H13N3O6P2. The van der Waals surface area contributed by atoms with E-state index in [9.17, 15) is 28.7 Å². The first-order valence-electron chi connectivity index (χ1n) is 6.48. The van der Waals surface area contributed by atoms with Crippen LogP contribution >= 0.6 is 15.2 Å². The lowest BCUT2D eigenvalue weighted by Crippen LogP contribution is -2.18. The van der Waals surface area contributed by atoms with E-state index in [1.54, 1.807) is 18.2 Å². The summed E-state index contributed by atoms with van der Waals surface area (Å²) in [5.74, 6) is 0. The Morgan fingerprint density at radius 2 is 1.70 bits per heavy atom. The number of rotatable bonds is 4. The van der Waals surface area contributed by atoms with E-state index >= 15 is 0 Å². The van der Waals surface area contributed by atoms with Crippen LogP contribution in [0.4, 0.5) is 0 Å². The largest absolute Gasteiger partial charge is 0.342 e. The van der Waals surface area contributed by atoms with Gasteiger partial charge in [-0.05, 0) is 12.1 Å². The van der Waals surface area contributed by atoms with Gasteiger partial charge in [0.2, 0.25) is 0 Å². The molecule has 0 unspecified atom stereocenters. The Labute approximate surface area is 129 Å². The number of para-hydroxylation sites is 1. The maximum absolute atomic E-state index is 11.4. The molecule has 3 aromatic rings. The number of benzene rings is 1. The number of nitrogens with zero attached hydrogens (tertiary/aromatic N) is 3. The van der Waals surface area contributed by atoms with E-state index in [1.165, 1.54) is 6.20 Å². The summed E-state index contributed by atoms with van der Waals surface area (Å²) in [6.45, 7) is -0.636. The van der Waals surface area contributed by atoms with Crippen molar-refractivity contribution in [2.45, 2.75) is 11.9 Å². The Balaban J connectivity index is 2.11. The molecule has 0 atom stereocenters. The van der Waals surface area contributed by atoms with E-state index in [-0.39, 0.29) is 0 Å². The van der Waals surface area contributed by atoms with E-state index in [0.717, 1.165) is 10.1 Å². The summed E-state index contributed by atoms with van der Waals surface area (Å²) in [7, 11) is -10.0. The molecule has 0 amide bonds. The van der Waals surface area contributed by atoms with Gasteiger partial charge in [-0.15, -0.1) is 0 Å². The number of hydrogen-bond donors (Lipinski definition) is 4. The molecule has 2 heterocycles. The monoisotopic (exact) mass is 357 g/mol. The molecule has 3 rings (SSSR count). The average Bonchev–Trinajstić information content (AvgIpc) is 2.82. The SMILES string of the molecule is O=P(O)(O)C(Cn1ncc2cc3ccccc3nc21)P(=O)(O)O. The third-order valence-electron chi connectivity index (χ3n) is 3.43. The van der Waals surface area contributed by atoms with Crippen LogP contribution in [0.15, 0.2) is 36.5 Å². The zero-order valence-electron chi connectivity index (χ0n) is 11.6. The molecule has 0 aliphatic carbocycles. The Bertz CT molecular complexity index is 953. The zero-order chi connectivity index (χ0) is 16.8. The summed E-state index contributed by atoms with van der Waals surface area (Å²) in [4.78, 5) is 41.2. The summed E-state index contributed by atoms with van der Waals surface area (Å²) in [6.07, 6.45) is 1.44. The van der Waals surface area contributed by atoms with Gasteiger partial charge in [0.15, 0.2) is 11.0 Å². The normalized spacial score (nSPS) is 13.3. The van der Waals surface area contributed by atoms with Crippen molar-refractivity contribution in [3.63, 3.8) is 0 Å². The highest BCUT2D eigenvalue weighted by atomic mass is 31.2. The van der Waals surface area contributed by atoms with Crippen LogP contribution in [0.25, 0.3) is 21.9 Å². The standard InChI is InChI=1S/C12H13N3O6P2/c16-22(17,18)11(23(19,20)21)7-15-12-9(6-13-15)5-8-3-1-2-4-10(8)14-12/h1-6,11H,7H2,(H2,16,17,18)(H2,19,20,21). The first-order chi connectivity index (χ1) is 10.7. The lowest BCUT2D eigenvalue weighted by Gasteiger charge is -2.19. The predicted molar refractivity (Wildman–Crippen MR) is 82.9 cm³/mol. The van der Waals surface area contributed by atoms with Crippen molar-refractivity contribution < 1.29 is 28.7 Å². The van der Waals surface area contributed by atoms with Crippen LogP contribution in [0.3, 0.4) is 0 Å². The first kappa shape index (κ1) is 16.3. The molecule has 0 saturated carbocycles. The molecule has 0 bridgehead atoms. The van der Waals surface area contributed by atoms with Crippen molar-refractivity contribution >= 4 is 37.1 Å². The molecule has 11 heteroatoms. The molecule has 122 valence electrons. The van der Waals surface area contributed by atoms with Crippen LogP contribution in [0, 0.1) is 0 Å². The quantitative estimate of drug-likeness (QED) is 0.511. The van der Waals surface area contributed by atoms with Crippen LogP contribution in [-0.2, 0) is 15.7 Å². The van der Waals surface area contributed by atoms with Gasteiger partial charge in [-0.1, -0.05) is 18.2 Å². The molecule has 0 radical (unpaired) electrons. The van der Waals surface area contributed by atoms with Gasteiger partial charge in [0.05, 0.1) is 18.3 Å². The minimum atomic E-state index is -5.02. The van der Waals surface area contributed by atoms with Crippen molar-refractivity contribution in [2.24, 2.45) is 0 Å². The smallest absolute Gasteiger partial charge is 0.324 e. The van der Waals surface area contributed by atoms with Gasteiger partial charge < -0.3 is 19.6 Å². The van der Waals surface area contributed by atoms with Crippen molar-refractivity contribution in [1.29, 1.82) is 0 Å². The van der Waals surface area contributed by atoms with E-state index < -0.39 is 27.1 Å². The average molecular weight is 357 g/mol. The highest BCUT2D eigenvalue weighted by Gasteiger charge is 2.44. The van der Waals surface area contributed by atoms with Gasteiger partial charge in [0.1, 0.15) is 0 Å². The molecule has 0 fully saturated rings. The topological polar surface area (TPSA) is 146 Å². The van der Waals surface area contributed by atoms with E-state index in [4.69, 9.17) is 0 Å². The van der Waals surface area contributed by atoms with Gasteiger partial charge in [-0.3, -0.25) is 9.13 Å². The minimum absolute atomic E-state index is 0.301. The Morgan fingerprint density at radius 1 is 1.04 bits per heavy atom. The van der Waals surface area contributed by atoms with Crippen LogP contribution in [-0.4, -0.2) is 39.7 Å². The summed E-state index contributed by atoms with van der Waals surface area (Å²) < 4.78 is 23.9. The first-order valence-corrected chi connectivity index (χ1v) is 9.84. The fourth-order valence-corrected chi connectivity index (χ4v) is 4.61. The van der Waals surface area contributed by atoms with Gasteiger partial charge in [0, 0.05) is 10.8 Å². The second-order valence-corrected chi connectivity index (χ2v) is 9.09. The lowest BCUT2D eigenvalue weighted by atomic mass is 10.2. The lowest BCUT2D eigenvalue weighted by molar-refractivity contribution is 0.330. The van der Waals surface area contributed by atoms with E-state index in [1.807, 2.05) is 12.1 Å². The molecule has 4 N–H and O–H groups in total. The number of pyridine rings is 1. The van der Waals surface area contributed by atoms with Gasteiger partial charge in [0.25, 0.3) is 0 Å². The van der Waals surface area contributed by atoms with Gasteiger partial charge in [-0.2, -0.15) is 5.10 Å². The van der Waals surface area contributed by atoms with Crippen LogP contribution < -0.4 is 0 Å². The van der Waals surface area contributed by atoms with E-state index in [2.05, 4.69) is 10.1 Å². The van der Waals surface area contributed by atoms with Crippen molar-refractivity contribution in [2.75, 3.05) is 0 Å². The maximum Gasteiger partial charge on any atom is 0.342 e. The second kappa shape index (κ2) is 5.49. The van der Waals surface area contributed by atoms with Crippen LogP contribution in [0.2, 0.25) is 0 Å². The molecule has 9 nitrogen and oxygen atoms in total. The fraction of sp³-hybridized carbons (Fsp3) is 0.167. The predicted octanol–water partition coefficient (Wildman–Crippen LogP) is 1.27. The van der Waals surface area contributed by atoms with E-state index in [0.29, 0.717) is 16.6 Å². The third-order valence-corrected chi connectivity index (χ3v) is 7.11. The molecule has 0 spiro atoms. The second-order valence-electron chi connectivity index (χ2n) is 5.08. The highest BCUT2D eigenvalue weighted by Crippen LogP contribution is 2.60. The minimum Gasteiger partial charge on any atom is -0.324 e. The maximum atomic E-state index is 11.4. The number of fused-ring (bicyclic) bond motifs is 2. The Morgan fingerprint density at radius 3 is 2.35 bits per heavy atom.